The molecule has 1 saturated heterocycles. The molecule has 0 saturated carbocycles. The van der Waals surface area contributed by atoms with Crippen molar-refractivity contribution in [3.05, 3.63) is 17.5 Å². The van der Waals surface area contributed by atoms with E-state index in [1.54, 1.807) is 0 Å². The summed E-state index contributed by atoms with van der Waals surface area (Å²) in [7, 11) is 2.05. The summed E-state index contributed by atoms with van der Waals surface area (Å²) in [6, 6.07) is 3.46. The minimum absolute atomic E-state index is 0.578. The topological polar surface area (TPSA) is 33.1 Å². The van der Waals surface area contributed by atoms with E-state index in [0.29, 0.717) is 12.1 Å². The molecule has 1 aromatic heterocycles. The van der Waals surface area contributed by atoms with Gasteiger partial charge < -0.3 is 5.32 Å². The number of nitrogens with zero attached hydrogens (tertiary/aromatic N) is 3. The third-order valence-corrected chi connectivity index (χ3v) is 3.94. The SMILES string of the molecule is CCc1cc(CN2CC(C)NCCC2C)n(C)n1. The highest BCUT2D eigenvalue weighted by Gasteiger charge is 2.21. The highest BCUT2D eigenvalue weighted by molar-refractivity contribution is 5.10. The van der Waals surface area contributed by atoms with Crippen molar-refractivity contribution in [3.8, 4) is 0 Å². The summed E-state index contributed by atoms with van der Waals surface area (Å²) in [6.45, 7) is 10.0. The van der Waals surface area contributed by atoms with Crippen molar-refractivity contribution in [3.63, 3.8) is 0 Å². The molecule has 0 aromatic carbocycles. The largest absolute Gasteiger partial charge is 0.313 e. The van der Waals surface area contributed by atoms with Crippen molar-refractivity contribution in [2.24, 2.45) is 7.05 Å². The Balaban J connectivity index is 2.08. The summed E-state index contributed by atoms with van der Waals surface area (Å²) in [5.41, 5.74) is 2.52. The van der Waals surface area contributed by atoms with Crippen molar-refractivity contribution in [2.45, 2.75) is 52.2 Å². The molecule has 0 spiro atoms. The van der Waals surface area contributed by atoms with Gasteiger partial charge in [0, 0.05) is 32.2 Å². The van der Waals surface area contributed by atoms with Crippen molar-refractivity contribution in [2.75, 3.05) is 13.1 Å². The van der Waals surface area contributed by atoms with Crippen LogP contribution in [0.1, 0.15) is 38.6 Å². The van der Waals surface area contributed by atoms with Crippen LogP contribution >= 0.6 is 0 Å². The second-order valence-corrected chi connectivity index (χ2v) is 5.53. The molecule has 0 aliphatic carbocycles. The molecule has 0 radical (unpaired) electrons. The first kappa shape index (κ1) is 13.6. The minimum atomic E-state index is 0.578. The Morgan fingerprint density at radius 1 is 1.44 bits per heavy atom. The smallest absolute Gasteiger partial charge is 0.0625 e. The van der Waals surface area contributed by atoms with Gasteiger partial charge in [-0.05, 0) is 39.3 Å². The Kier molecular flexibility index (Phi) is 4.40. The van der Waals surface area contributed by atoms with E-state index in [0.717, 1.165) is 26.1 Å². The van der Waals surface area contributed by atoms with Crippen molar-refractivity contribution >= 4 is 0 Å². The van der Waals surface area contributed by atoms with E-state index in [-0.39, 0.29) is 0 Å². The van der Waals surface area contributed by atoms with Crippen LogP contribution in [0.25, 0.3) is 0 Å². The minimum Gasteiger partial charge on any atom is -0.313 e. The molecule has 18 heavy (non-hydrogen) atoms. The Hall–Kier alpha value is -0.870. The number of rotatable bonds is 3. The van der Waals surface area contributed by atoms with Crippen molar-refractivity contribution in [1.82, 2.24) is 20.0 Å². The van der Waals surface area contributed by atoms with E-state index in [1.165, 1.54) is 17.8 Å². The van der Waals surface area contributed by atoms with Gasteiger partial charge in [0.1, 0.15) is 0 Å². The molecule has 0 amide bonds. The highest BCUT2D eigenvalue weighted by atomic mass is 15.3. The van der Waals surface area contributed by atoms with Gasteiger partial charge in [-0.25, -0.2) is 0 Å². The maximum Gasteiger partial charge on any atom is 0.0625 e. The van der Waals surface area contributed by atoms with Crippen LogP contribution in [0.5, 0.6) is 0 Å². The second-order valence-electron chi connectivity index (χ2n) is 5.53. The lowest BCUT2D eigenvalue weighted by Gasteiger charge is -2.27. The van der Waals surface area contributed by atoms with E-state index < -0.39 is 0 Å². The molecule has 4 nitrogen and oxygen atoms in total. The molecule has 1 aliphatic rings. The summed E-state index contributed by atoms with van der Waals surface area (Å²) >= 11 is 0. The summed E-state index contributed by atoms with van der Waals surface area (Å²) in [5, 5.41) is 8.09. The van der Waals surface area contributed by atoms with Crippen LogP contribution in [-0.4, -0.2) is 39.9 Å². The molecule has 102 valence electrons. The van der Waals surface area contributed by atoms with Gasteiger partial charge in [0.2, 0.25) is 0 Å². The van der Waals surface area contributed by atoms with Crippen LogP contribution in [-0.2, 0) is 20.0 Å². The number of nitrogens with one attached hydrogen (secondary N) is 1. The first-order chi connectivity index (χ1) is 8.60. The highest BCUT2D eigenvalue weighted by Crippen LogP contribution is 2.14. The zero-order valence-electron chi connectivity index (χ0n) is 12.1. The molecule has 1 aromatic rings. The molecule has 4 heteroatoms. The van der Waals surface area contributed by atoms with E-state index in [1.807, 2.05) is 4.68 Å². The molecule has 1 aliphatic heterocycles. The Labute approximate surface area is 110 Å². The molecule has 2 unspecified atom stereocenters. The van der Waals surface area contributed by atoms with Gasteiger partial charge in [-0.2, -0.15) is 5.10 Å². The summed E-state index contributed by atoms with van der Waals surface area (Å²) in [5.74, 6) is 0. The zero-order chi connectivity index (χ0) is 13.1. The summed E-state index contributed by atoms with van der Waals surface area (Å²) in [6.07, 6.45) is 2.24. The number of hydrogen-bond donors (Lipinski definition) is 1. The van der Waals surface area contributed by atoms with Gasteiger partial charge in [0.05, 0.1) is 11.4 Å². The molecular formula is C14H26N4. The number of aromatic nitrogens is 2. The fourth-order valence-corrected chi connectivity index (χ4v) is 2.64. The lowest BCUT2D eigenvalue weighted by atomic mass is 10.2. The fraction of sp³-hybridized carbons (Fsp3) is 0.786. The molecular weight excluding hydrogens is 224 g/mol. The van der Waals surface area contributed by atoms with Crippen LogP contribution < -0.4 is 5.32 Å². The quantitative estimate of drug-likeness (QED) is 0.883. The Bertz CT molecular complexity index is 385. The van der Waals surface area contributed by atoms with Gasteiger partial charge in [-0.3, -0.25) is 9.58 Å². The standard InChI is InChI=1S/C14H26N4/c1-5-13-8-14(17(4)16-13)10-18-9-11(2)15-7-6-12(18)3/h8,11-12,15H,5-7,9-10H2,1-4H3. The molecule has 0 bridgehead atoms. The molecule has 2 atom stereocenters. The maximum atomic E-state index is 4.54. The van der Waals surface area contributed by atoms with E-state index in [4.69, 9.17) is 0 Å². The van der Waals surface area contributed by atoms with Crippen LogP contribution in [0, 0.1) is 0 Å². The molecule has 1 N–H and O–H groups in total. The molecule has 1 fully saturated rings. The first-order valence-corrected chi connectivity index (χ1v) is 7.09. The molecule has 2 heterocycles. The number of aryl methyl sites for hydroxylation is 2. The Morgan fingerprint density at radius 2 is 2.22 bits per heavy atom. The first-order valence-electron chi connectivity index (χ1n) is 7.09. The zero-order valence-corrected chi connectivity index (χ0v) is 12.1. The normalized spacial score (nSPS) is 26.2. The second kappa shape index (κ2) is 5.85. The average Bonchev–Trinajstić information content (AvgIpc) is 2.60. The lowest BCUT2D eigenvalue weighted by molar-refractivity contribution is 0.194. The monoisotopic (exact) mass is 250 g/mol. The van der Waals surface area contributed by atoms with Gasteiger partial charge >= 0.3 is 0 Å². The lowest BCUT2D eigenvalue weighted by Crippen LogP contribution is -2.38. The predicted octanol–water partition coefficient (Wildman–Crippen LogP) is 1.55. The van der Waals surface area contributed by atoms with Crippen molar-refractivity contribution < 1.29 is 0 Å². The number of hydrogen-bond acceptors (Lipinski definition) is 3. The van der Waals surface area contributed by atoms with Gasteiger partial charge in [0.25, 0.3) is 0 Å². The van der Waals surface area contributed by atoms with E-state index >= 15 is 0 Å². The van der Waals surface area contributed by atoms with Crippen LogP contribution in [0.15, 0.2) is 6.07 Å². The third-order valence-electron chi connectivity index (χ3n) is 3.94. The predicted molar refractivity (Wildman–Crippen MR) is 74.5 cm³/mol. The van der Waals surface area contributed by atoms with Gasteiger partial charge in [0.15, 0.2) is 0 Å². The van der Waals surface area contributed by atoms with Crippen molar-refractivity contribution in [1.29, 1.82) is 0 Å². The van der Waals surface area contributed by atoms with Crippen LogP contribution in [0.4, 0.5) is 0 Å². The Morgan fingerprint density at radius 3 is 2.89 bits per heavy atom. The average molecular weight is 250 g/mol. The fourth-order valence-electron chi connectivity index (χ4n) is 2.64. The van der Waals surface area contributed by atoms with Crippen LogP contribution in [0.3, 0.4) is 0 Å². The summed E-state index contributed by atoms with van der Waals surface area (Å²) in [4.78, 5) is 2.57. The summed E-state index contributed by atoms with van der Waals surface area (Å²) < 4.78 is 2.04. The van der Waals surface area contributed by atoms with Crippen LogP contribution in [0.2, 0.25) is 0 Å². The molecule has 2 rings (SSSR count). The van der Waals surface area contributed by atoms with Gasteiger partial charge in [-0.15, -0.1) is 0 Å². The van der Waals surface area contributed by atoms with Gasteiger partial charge in [-0.1, -0.05) is 6.92 Å². The van der Waals surface area contributed by atoms with E-state index in [2.05, 4.69) is 49.2 Å². The maximum absolute atomic E-state index is 4.54. The third kappa shape index (κ3) is 3.12. The van der Waals surface area contributed by atoms with E-state index in [9.17, 15) is 0 Å².